The van der Waals surface area contributed by atoms with Crippen molar-refractivity contribution in [1.29, 1.82) is 0 Å². The van der Waals surface area contributed by atoms with Crippen LogP contribution in [0.25, 0.3) is 11.1 Å². The second kappa shape index (κ2) is 8.62. The highest BCUT2D eigenvalue weighted by Crippen LogP contribution is 2.33. The number of allylic oxidation sites excluding steroid dienone is 3. The van der Waals surface area contributed by atoms with Crippen LogP contribution >= 0.6 is 0 Å². The summed E-state index contributed by atoms with van der Waals surface area (Å²) in [4.78, 5) is 14.2. The van der Waals surface area contributed by atoms with Gasteiger partial charge >= 0.3 is 0 Å². The molecule has 29 heavy (non-hydrogen) atoms. The van der Waals surface area contributed by atoms with Gasteiger partial charge in [0.25, 0.3) is 0 Å². The van der Waals surface area contributed by atoms with Gasteiger partial charge in [0.2, 0.25) is 0 Å². The van der Waals surface area contributed by atoms with Gasteiger partial charge in [0.05, 0.1) is 0 Å². The Hall–Kier alpha value is -2.92. The molecule has 0 radical (unpaired) electrons. The van der Waals surface area contributed by atoms with Crippen molar-refractivity contribution in [3.8, 4) is 0 Å². The summed E-state index contributed by atoms with van der Waals surface area (Å²) < 4.78 is 0. The Morgan fingerprint density at radius 3 is 2.76 bits per heavy atom. The standard InChI is InChI=1S/C24H29N5/c1-4-18(16-25-2)20-14-22-21(6-5-7-23(22)27-17-20)19-8-9-26-24(15-19)29-12-10-28(3)11-13-29/h4,6,8-9,14-17,25H,1,5,7,10-13H2,2-3H3/b18-16+. The first-order valence-electron chi connectivity index (χ1n) is 10.3. The quantitative estimate of drug-likeness (QED) is 0.797. The number of hydrogen-bond acceptors (Lipinski definition) is 5. The molecule has 1 aliphatic heterocycles. The smallest absolute Gasteiger partial charge is 0.129 e. The maximum atomic E-state index is 4.78. The Bertz CT molecular complexity index is 951. The minimum Gasteiger partial charge on any atom is -0.393 e. The summed E-state index contributed by atoms with van der Waals surface area (Å²) in [6, 6.07) is 6.59. The SMILES string of the molecule is C=C/C(=C\NC)c1cnc2c(c1)C(c1ccnc(N3CCN(C)CC3)c1)=CCC2. The normalized spacial score (nSPS) is 17.5. The predicted octanol–water partition coefficient (Wildman–Crippen LogP) is 3.35. The second-order valence-corrected chi connectivity index (χ2v) is 7.66. The van der Waals surface area contributed by atoms with E-state index in [9.17, 15) is 0 Å². The number of piperazine rings is 1. The topological polar surface area (TPSA) is 44.3 Å². The minimum atomic E-state index is 0.981. The molecule has 4 rings (SSSR count). The summed E-state index contributed by atoms with van der Waals surface area (Å²) >= 11 is 0. The summed E-state index contributed by atoms with van der Waals surface area (Å²) in [5, 5.41) is 3.09. The molecule has 0 aromatic carbocycles. The van der Waals surface area contributed by atoms with Crippen molar-refractivity contribution in [1.82, 2.24) is 20.2 Å². The molecule has 1 fully saturated rings. The van der Waals surface area contributed by atoms with E-state index in [4.69, 9.17) is 4.98 Å². The molecule has 2 aromatic heterocycles. The van der Waals surface area contributed by atoms with E-state index in [1.54, 1.807) is 0 Å². The van der Waals surface area contributed by atoms with E-state index in [2.05, 4.69) is 58.0 Å². The third-order valence-electron chi connectivity index (χ3n) is 5.73. The molecule has 0 bridgehead atoms. The number of hydrogen-bond donors (Lipinski definition) is 1. The number of aromatic nitrogens is 2. The van der Waals surface area contributed by atoms with Gasteiger partial charge in [-0.05, 0) is 54.8 Å². The molecule has 0 saturated carbocycles. The van der Waals surface area contributed by atoms with E-state index < -0.39 is 0 Å². The Balaban J connectivity index is 1.69. The number of likely N-dealkylation sites (N-methyl/N-ethyl adjacent to an activating group) is 1. The predicted molar refractivity (Wildman–Crippen MR) is 121 cm³/mol. The van der Waals surface area contributed by atoms with E-state index in [1.807, 2.05) is 31.7 Å². The lowest BCUT2D eigenvalue weighted by atomic mass is 9.88. The molecule has 3 heterocycles. The van der Waals surface area contributed by atoms with Gasteiger partial charge in [0, 0.05) is 68.6 Å². The molecule has 1 aliphatic carbocycles. The lowest BCUT2D eigenvalue weighted by Gasteiger charge is -2.33. The number of rotatable bonds is 5. The van der Waals surface area contributed by atoms with Gasteiger partial charge in [-0.25, -0.2) is 4.98 Å². The largest absolute Gasteiger partial charge is 0.393 e. The highest BCUT2D eigenvalue weighted by atomic mass is 15.3. The highest BCUT2D eigenvalue weighted by Gasteiger charge is 2.19. The molecular formula is C24H29N5. The molecule has 2 aliphatic rings. The van der Waals surface area contributed by atoms with Crippen LogP contribution in [-0.2, 0) is 6.42 Å². The number of pyridine rings is 2. The fourth-order valence-electron chi connectivity index (χ4n) is 4.03. The van der Waals surface area contributed by atoms with Crippen molar-refractivity contribution in [3.05, 3.63) is 77.9 Å². The molecule has 1 N–H and O–H groups in total. The van der Waals surface area contributed by atoms with Crippen LogP contribution in [0.4, 0.5) is 5.82 Å². The van der Waals surface area contributed by atoms with Crippen LogP contribution in [0.3, 0.4) is 0 Å². The fraction of sp³-hybridized carbons (Fsp3) is 0.333. The van der Waals surface area contributed by atoms with Crippen LogP contribution in [-0.4, -0.2) is 55.1 Å². The molecule has 1 saturated heterocycles. The lowest BCUT2D eigenvalue weighted by Crippen LogP contribution is -2.44. The molecule has 0 amide bonds. The summed E-state index contributed by atoms with van der Waals surface area (Å²) in [6.07, 6.45) is 12.0. The van der Waals surface area contributed by atoms with Gasteiger partial charge in [-0.15, -0.1) is 0 Å². The van der Waals surface area contributed by atoms with Crippen molar-refractivity contribution in [2.45, 2.75) is 12.8 Å². The fourth-order valence-corrected chi connectivity index (χ4v) is 4.03. The average Bonchev–Trinajstić information content (AvgIpc) is 2.77. The summed E-state index contributed by atoms with van der Waals surface area (Å²) in [6.45, 7) is 8.14. The summed E-state index contributed by atoms with van der Waals surface area (Å²) in [7, 11) is 4.08. The molecule has 0 spiro atoms. The van der Waals surface area contributed by atoms with Crippen molar-refractivity contribution in [2.75, 3.05) is 45.2 Å². The van der Waals surface area contributed by atoms with Crippen molar-refractivity contribution in [2.24, 2.45) is 0 Å². The van der Waals surface area contributed by atoms with Crippen LogP contribution in [0.5, 0.6) is 0 Å². The van der Waals surface area contributed by atoms with E-state index in [1.165, 1.54) is 16.7 Å². The molecule has 0 atom stereocenters. The van der Waals surface area contributed by atoms with Gasteiger partial charge in [0.1, 0.15) is 5.82 Å². The maximum absolute atomic E-state index is 4.78. The zero-order valence-electron chi connectivity index (χ0n) is 17.4. The first-order valence-corrected chi connectivity index (χ1v) is 10.3. The average molecular weight is 388 g/mol. The zero-order valence-corrected chi connectivity index (χ0v) is 17.4. The molecule has 0 unspecified atom stereocenters. The van der Waals surface area contributed by atoms with Crippen molar-refractivity contribution >= 4 is 17.0 Å². The van der Waals surface area contributed by atoms with Crippen LogP contribution in [0.15, 0.2) is 55.5 Å². The van der Waals surface area contributed by atoms with Gasteiger partial charge in [-0.3, -0.25) is 4.98 Å². The molecule has 5 nitrogen and oxygen atoms in total. The van der Waals surface area contributed by atoms with Crippen LogP contribution in [0.1, 0.15) is 28.8 Å². The van der Waals surface area contributed by atoms with E-state index in [0.29, 0.717) is 0 Å². The van der Waals surface area contributed by atoms with Gasteiger partial charge in [0.15, 0.2) is 0 Å². The third kappa shape index (κ3) is 4.10. The number of anilines is 1. The van der Waals surface area contributed by atoms with Crippen LogP contribution < -0.4 is 10.2 Å². The summed E-state index contributed by atoms with van der Waals surface area (Å²) in [5.41, 5.74) is 6.97. The Labute approximate surface area is 173 Å². The monoisotopic (exact) mass is 387 g/mol. The van der Waals surface area contributed by atoms with Gasteiger partial charge < -0.3 is 15.1 Å². The highest BCUT2D eigenvalue weighted by molar-refractivity contribution is 5.85. The number of aryl methyl sites for hydroxylation is 1. The van der Waals surface area contributed by atoms with Gasteiger partial charge in [-0.2, -0.15) is 0 Å². The summed E-state index contributed by atoms with van der Waals surface area (Å²) in [5.74, 6) is 1.06. The molecular weight excluding hydrogens is 358 g/mol. The van der Waals surface area contributed by atoms with E-state index >= 15 is 0 Å². The van der Waals surface area contributed by atoms with E-state index in [-0.39, 0.29) is 0 Å². The molecule has 5 heteroatoms. The van der Waals surface area contributed by atoms with Gasteiger partial charge in [-0.1, -0.05) is 18.7 Å². The Kier molecular flexibility index (Phi) is 5.76. The first kappa shape index (κ1) is 19.4. The van der Waals surface area contributed by atoms with Crippen molar-refractivity contribution in [3.63, 3.8) is 0 Å². The second-order valence-electron chi connectivity index (χ2n) is 7.66. The number of nitrogens with one attached hydrogen (secondary N) is 1. The Morgan fingerprint density at radius 1 is 1.17 bits per heavy atom. The first-order chi connectivity index (χ1) is 14.2. The maximum Gasteiger partial charge on any atom is 0.129 e. The minimum absolute atomic E-state index is 0.981. The zero-order chi connectivity index (χ0) is 20.2. The number of nitrogens with zero attached hydrogens (tertiary/aromatic N) is 4. The molecule has 2 aromatic rings. The third-order valence-corrected chi connectivity index (χ3v) is 5.73. The van der Waals surface area contributed by atoms with Crippen LogP contribution in [0, 0.1) is 0 Å². The van der Waals surface area contributed by atoms with Crippen LogP contribution in [0.2, 0.25) is 0 Å². The lowest BCUT2D eigenvalue weighted by molar-refractivity contribution is 0.312. The Morgan fingerprint density at radius 2 is 2.00 bits per heavy atom. The van der Waals surface area contributed by atoms with Crippen molar-refractivity contribution < 1.29 is 0 Å². The molecule has 150 valence electrons. The number of fused-ring (bicyclic) bond motifs is 1. The van der Waals surface area contributed by atoms with E-state index in [0.717, 1.165) is 61.7 Å².